The Hall–Kier alpha value is -1.57. The van der Waals surface area contributed by atoms with E-state index >= 15 is 0 Å². The van der Waals surface area contributed by atoms with Gasteiger partial charge in [0.1, 0.15) is 6.61 Å². The molecule has 78 valence electrons. The van der Waals surface area contributed by atoms with Gasteiger partial charge in [0.05, 0.1) is 5.56 Å². The summed E-state index contributed by atoms with van der Waals surface area (Å²) in [7, 11) is 0. The summed E-state index contributed by atoms with van der Waals surface area (Å²) < 4.78 is 4.98. The number of rotatable bonds is 3. The van der Waals surface area contributed by atoms with Gasteiger partial charge in [0.2, 0.25) is 0 Å². The van der Waals surface area contributed by atoms with E-state index < -0.39 is 0 Å². The SMILES string of the molecule is C=CCOC(=O)c1ccc2c(c1)CCC2. The van der Waals surface area contributed by atoms with Crippen LogP contribution in [0.25, 0.3) is 0 Å². The van der Waals surface area contributed by atoms with Crippen molar-refractivity contribution < 1.29 is 9.53 Å². The number of fused-ring (bicyclic) bond motifs is 1. The van der Waals surface area contributed by atoms with Gasteiger partial charge in [-0.3, -0.25) is 0 Å². The molecule has 1 aromatic carbocycles. The Bertz CT molecular complexity index is 394. The smallest absolute Gasteiger partial charge is 0.338 e. The number of benzene rings is 1. The second-order valence-corrected chi connectivity index (χ2v) is 3.72. The fraction of sp³-hybridized carbons (Fsp3) is 0.308. The quantitative estimate of drug-likeness (QED) is 0.556. The van der Waals surface area contributed by atoms with E-state index in [-0.39, 0.29) is 12.6 Å². The van der Waals surface area contributed by atoms with Crippen LogP contribution in [0.4, 0.5) is 0 Å². The largest absolute Gasteiger partial charge is 0.458 e. The summed E-state index contributed by atoms with van der Waals surface area (Å²) in [5.41, 5.74) is 3.32. The fourth-order valence-corrected chi connectivity index (χ4v) is 1.92. The maximum atomic E-state index is 11.5. The molecule has 2 nitrogen and oxygen atoms in total. The zero-order valence-electron chi connectivity index (χ0n) is 8.66. The van der Waals surface area contributed by atoms with Crippen LogP contribution in [0, 0.1) is 0 Å². The number of aryl methyl sites for hydroxylation is 2. The van der Waals surface area contributed by atoms with E-state index in [9.17, 15) is 4.79 Å². The van der Waals surface area contributed by atoms with E-state index in [1.807, 2.05) is 18.2 Å². The molecule has 2 rings (SSSR count). The second kappa shape index (κ2) is 4.30. The van der Waals surface area contributed by atoms with Crippen LogP contribution in [0.2, 0.25) is 0 Å². The molecule has 1 aliphatic rings. The van der Waals surface area contributed by atoms with E-state index in [0.29, 0.717) is 5.56 Å². The number of carbonyl (C=O) groups excluding carboxylic acids is 1. The lowest BCUT2D eigenvalue weighted by Gasteiger charge is -2.04. The van der Waals surface area contributed by atoms with Gasteiger partial charge in [0, 0.05) is 0 Å². The Morgan fingerprint density at radius 3 is 3.00 bits per heavy atom. The first-order chi connectivity index (χ1) is 7.31. The van der Waals surface area contributed by atoms with E-state index in [1.165, 1.54) is 17.5 Å². The Morgan fingerprint density at radius 2 is 2.20 bits per heavy atom. The molecule has 0 atom stereocenters. The standard InChI is InChI=1S/C13H14O2/c1-2-8-15-13(14)12-7-6-10-4-3-5-11(10)9-12/h2,6-7,9H,1,3-5,8H2. The molecule has 2 heteroatoms. The van der Waals surface area contributed by atoms with Crippen LogP contribution in [-0.2, 0) is 17.6 Å². The summed E-state index contributed by atoms with van der Waals surface area (Å²) in [5.74, 6) is -0.260. The Morgan fingerprint density at radius 1 is 1.40 bits per heavy atom. The Balaban J connectivity index is 2.15. The molecule has 0 unspecified atom stereocenters. The molecule has 0 aliphatic heterocycles. The minimum Gasteiger partial charge on any atom is -0.458 e. The highest BCUT2D eigenvalue weighted by atomic mass is 16.5. The topological polar surface area (TPSA) is 26.3 Å². The van der Waals surface area contributed by atoms with Crippen LogP contribution in [0.3, 0.4) is 0 Å². The Labute approximate surface area is 89.6 Å². The van der Waals surface area contributed by atoms with Gasteiger partial charge in [-0.1, -0.05) is 18.7 Å². The molecule has 0 saturated carbocycles. The highest BCUT2D eigenvalue weighted by Gasteiger charge is 2.14. The Kier molecular flexibility index (Phi) is 2.86. The molecule has 0 amide bonds. The number of carbonyl (C=O) groups is 1. The number of hydrogen-bond donors (Lipinski definition) is 0. The van der Waals surface area contributed by atoms with Crippen LogP contribution in [0.15, 0.2) is 30.9 Å². The molecule has 0 heterocycles. The third kappa shape index (κ3) is 2.09. The molecule has 0 N–H and O–H groups in total. The predicted octanol–water partition coefficient (Wildman–Crippen LogP) is 2.52. The summed E-state index contributed by atoms with van der Waals surface area (Å²) in [6, 6.07) is 5.83. The molecular formula is C13H14O2. The second-order valence-electron chi connectivity index (χ2n) is 3.72. The summed E-state index contributed by atoms with van der Waals surface area (Å²) >= 11 is 0. The van der Waals surface area contributed by atoms with E-state index in [1.54, 1.807) is 6.08 Å². The maximum absolute atomic E-state index is 11.5. The first kappa shape index (κ1) is 9.97. The summed E-state index contributed by atoms with van der Waals surface area (Å²) in [5, 5.41) is 0. The lowest BCUT2D eigenvalue weighted by molar-refractivity contribution is 0.0549. The summed E-state index contributed by atoms with van der Waals surface area (Å²) in [6.07, 6.45) is 4.99. The highest BCUT2D eigenvalue weighted by molar-refractivity contribution is 5.89. The number of hydrogen-bond acceptors (Lipinski definition) is 2. The molecule has 1 aliphatic carbocycles. The molecule has 15 heavy (non-hydrogen) atoms. The molecule has 0 saturated heterocycles. The maximum Gasteiger partial charge on any atom is 0.338 e. The van der Waals surface area contributed by atoms with Crippen molar-refractivity contribution in [1.29, 1.82) is 0 Å². The molecule has 0 radical (unpaired) electrons. The monoisotopic (exact) mass is 202 g/mol. The van der Waals surface area contributed by atoms with Gasteiger partial charge < -0.3 is 4.74 Å². The molecule has 0 bridgehead atoms. The summed E-state index contributed by atoms with van der Waals surface area (Å²) in [4.78, 5) is 11.5. The highest BCUT2D eigenvalue weighted by Crippen LogP contribution is 2.23. The summed E-state index contributed by atoms with van der Waals surface area (Å²) in [6.45, 7) is 3.78. The first-order valence-electron chi connectivity index (χ1n) is 5.21. The van der Waals surface area contributed by atoms with Gasteiger partial charge in [0.25, 0.3) is 0 Å². The van der Waals surface area contributed by atoms with Gasteiger partial charge in [-0.05, 0) is 42.5 Å². The van der Waals surface area contributed by atoms with Crippen molar-refractivity contribution in [3.63, 3.8) is 0 Å². The van der Waals surface area contributed by atoms with Crippen LogP contribution in [-0.4, -0.2) is 12.6 Å². The van der Waals surface area contributed by atoms with Crippen molar-refractivity contribution in [3.05, 3.63) is 47.5 Å². The number of esters is 1. The normalized spacial score (nSPS) is 13.3. The van der Waals surface area contributed by atoms with Crippen molar-refractivity contribution in [3.8, 4) is 0 Å². The van der Waals surface area contributed by atoms with Gasteiger partial charge in [0.15, 0.2) is 0 Å². The molecule has 0 fully saturated rings. The average molecular weight is 202 g/mol. The van der Waals surface area contributed by atoms with Crippen molar-refractivity contribution in [2.45, 2.75) is 19.3 Å². The third-order valence-electron chi connectivity index (χ3n) is 2.67. The average Bonchev–Trinajstić information content (AvgIpc) is 2.72. The predicted molar refractivity (Wildman–Crippen MR) is 58.9 cm³/mol. The van der Waals surface area contributed by atoms with Crippen LogP contribution < -0.4 is 0 Å². The van der Waals surface area contributed by atoms with E-state index in [2.05, 4.69) is 6.58 Å². The van der Waals surface area contributed by atoms with Crippen LogP contribution in [0.1, 0.15) is 27.9 Å². The first-order valence-corrected chi connectivity index (χ1v) is 5.21. The zero-order chi connectivity index (χ0) is 10.7. The number of ether oxygens (including phenoxy) is 1. The fourth-order valence-electron chi connectivity index (χ4n) is 1.92. The molecule has 0 aromatic heterocycles. The van der Waals surface area contributed by atoms with Crippen molar-refractivity contribution >= 4 is 5.97 Å². The van der Waals surface area contributed by atoms with Gasteiger partial charge in [-0.25, -0.2) is 4.79 Å². The van der Waals surface area contributed by atoms with E-state index in [0.717, 1.165) is 12.8 Å². The minimum atomic E-state index is -0.260. The molecule has 0 spiro atoms. The van der Waals surface area contributed by atoms with Gasteiger partial charge >= 0.3 is 5.97 Å². The van der Waals surface area contributed by atoms with Crippen molar-refractivity contribution in [2.75, 3.05) is 6.61 Å². The van der Waals surface area contributed by atoms with Gasteiger partial charge in [-0.2, -0.15) is 0 Å². The van der Waals surface area contributed by atoms with Gasteiger partial charge in [-0.15, -0.1) is 0 Å². The lowest BCUT2D eigenvalue weighted by Crippen LogP contribution is -2.05. The van der Waals surface area contributed by atoms with Crippen molar-refractivity contribution in [2.24, 2.45) is 0 Å². The third-order valence-corrected chi connectivity index (χ3v) is 2.67. The molecule has 1 aromatic rings. The molecular weight excluding hydrogens is 188 g/mol. The zero-order valence-corrected chi connectivity index (χ0v) is 8.66. The van der Waals surface area contributed by atoms with E-state index in [4.69, 9.17) is 4.74 Å². The minimum absolute atomic E-state index is 0.260. The van der Waals surface area contributed by atoms with Crippen molar-refractivity contribution in [1.82, 2.24) is 0 Å². The van der Waals surface area contributed by atoms with Crippen LogP contribution in [0.5, 0.6) is 0 Å². The van der Waals surface area contributed by atoms with Crippen LogP contribution >= 0.6 is 0 Å². The lowest BCUT2D eigenvalue weighted by atomic mass is 10.1.